The van der Waals surface area contributed by atoms with Crippen LogP contribution < -0.4 is 27.4 Å². The number of carbonyl (C=O) groups excluding carboxylic acids is 4. The summed E-state index contributed by atoms with van der Waals surface area (Å²) in [5, 5.41) is 25.3. The van der Waals surface area contributed by atoms with Crippen LogP contribution >= 0.6 is 11.8 Å². The number of carboxylic acids is 1. The van der Waals surface area contributed by atoms with E-state index in [1.54, 1.807) is 20.1 Å². The second-order valence-corrected chi connectivity index (χ2v) is 8.38. The molecule has 0 aliphatic rings. The Bertz CT molecular complexity index is 647. The largest absolute Gasteiger partial charge is 0.480 e. The van der Waals surface area contributed by atoms with Gasteiger partial charge in [-0.3, -0.25) is 19.2 Å². The van der Waals surface area contributed by atoms with Crippen molar-refractivity contribution in [3.8, 4) is 0 Å². The van der Waals surface area contributed by atoms with E-state index in [9.17, 15) is 29.1 Å². The molecular weight excluding hydrogens is 430 g/mol. The lowest BCUT2D eigenvalue weighted by Crippen LogP contribution is -2.58. The number of nitrogens with one attached hydrogen (secondary N) is 3. The third kappa shape index (κ3) is 11.5. The number of rotatable bonds is 15. The van der Waals surface area contributed by atoms with Gasteiger partial charge < -0.3 is 37.6 Å². The number of aliphatic carboxylic acids is 1. The first kappa shape index (κ1) is 28.6. The van der Waals surface area contributed by atoms with Crippen LogP contribution in [0.15, 0.2) is 0 Å². The second kappa shape index (κ2) is 14.6. The molecule has 13 heteroatoms. The first-order valence-corrected chi connectivity index (χ1v) is 11.1. The smallest absolute Gasteiger partial charge is 0.326 e. The van der Waals surface area contributed by atoms with Crippen molar-refractivity contribution >= 4 is 41.4 Å². The quantitative estimate of drug-likeness (QED) is 0.137. The molecule has 0 radical (unpaired) electrons. The number of carboxylic acid groups (broad SMARTS) is 1. The zero-order valence-corrected chi connectivity index (χ0v) is 18.7. The van der Waals surface area contributed by atoms with Crippen molar-refractivity contribution in [3.63, 3.8) is 0 Å². The van der Waals surface area contributed by atoms with E-state index in [4.69, 9.17) is 16.6 Å². The van der Waals surface area contributed by atoms with Crippen LogP contribution in [0.25, 0.3) is 0 Å². The second-order valence-electron chi connectivity index (χ2n) is 7.39. The van der Waals surface area contributed by atoms with Gasteiger partial charge in [-0.2, -0.15) is 11.8 Å². The summed E-state index contributed by atoms with van der Waals surface area (Å²) < 4.78 is 0. The molecule has 0 rings (SSSR count). The van der Waals surface area contributed by atoms with Crippen LogP contribution in [-0.4, -0.2) is 82.6 Å². The molecule has 0 aliphatic heterocycles. The molecular formula is C18H33N5O7S. The van der Waals surface area contributed by atoms with Gasteiger partial charge in [0.2, 0.25) is 23.6 Å². The Morgan fingerprint density at radius 2 is 1.45 bits per heavy atom. The first-order chi connectivity index (χ1) is 14.4. The lowest BCUT2D eigenvalue weighted by Gasteiger charge is -2.25. The van der Waals surface area contributed by atoms with E-state index < -0.39 is 66.8 Å². The third-order valence-electron chi connectivity index (χ3n) is 4.14. The van der Waals surface area contributed by atoms with Crippen LogP contribution in [0.2, 0.25) is 0 Å². The minimum atomic E-state index is -1.43. The van der Waals surface area contributed by atoms with Gasteiger partial charge in [0.15, 0.2) is 0 Å². The Kier molecular flexibility index (Phi) is 13.5. The molecule has 0 heterocycles. The van der Waals surface area contributed by atoms with Crippen molar-refractivity contribution in [2.75, 3.05) is 18.6 Å². The van der Waals surface area contributed by atoms with E-state index in [0.717, 1.165) is 0 Å². The van der Waals surface area contributed by atoms with E-state index in [2.05, 4.69) is 16.0 Å². The van der Waals surface area contributed by atoms with Crippen LogP contribution in [-0.2, 0) is 24.0 Å². The third-order valence-corrected chi connectivity index (χ3v) is 4.78. The summed E-state index contributed by atoms with van der Waals surface area (Å²) in [6.45, 7) is 2.93. The van der Waals surface area contributed by atoms with Crippen LogP contribution in [0.1, 0.15) is 33.1 Å². The number of carbonyl (C=O) groups is 5. The molecule has 0 saturated heterocycles. The molecule has 0 bridgehead atoms. The van der Waals surface area contributed by atoms with Crippen LogP contribution in [0.4, 0.5) is 0 Å². The standard InChI is InChI=1S/C18H33N5O7S/c1-9(2)6-13(18(29)30)23-17(28)12(7-14(20)25)22-16(27)11(4-5-31-3)21-15(26)10(19)8-24/h9-13,24H,4-8,19H2,1-3H3,(H2,20,25)(H,21,26)(H,22,27)(H,23,28)(H,29,30). The summed E-state index contributed by atoms with van der Waals surface area (Å²) in [4.78, 5) is 60.1. The van der Waals surface area contributed by atoms with Crippen LogP contribution in [0, 0.1) is 5.92 Å². The Balaban J connectivity index is 5.43. The number of aliphatic hydroxyl groups is 1. The summed E-state index contributed by atoms with van der Waals surface area (Å²) in [6, 6.07) is -4.97. The average Bonchev–Trinajstić information content (AvgIpc) is 2.68. The molecule has 0 aromatic heterocycles. The van der Waals surface area contributed by atoms with Crippen molar-refractivity contribution in [2.24, 2.45) is 17.4 Å². The van der Waals surface area contributed by atoms with Crippen molar-refractivity contribution in [1.29, 1.82) is 0 Å². The molecule has 4 atom stereocenters. The van der Waals surface area contributed by atoms with Gasteiger partial charge in [-0.1, -0.05) is 13.8 Å². The van der Waals surface area contributed by atoms with Crippen molar-refractivity contribution in [2.45, 2.75) is 57.3 Å². The van der Waals surface area contributed by atoms with Crippen molar-refractivity contribution in [1.82, 2.24) is 16.0 Å². The number of thioether (sulfide) groups is 1. The molecule has 0 aromatic rings. The summed E-state index contributed by atoms with van der Waals surface area (Å²) in [6.07, 6.45) is 1.56. The fraction of sp³-hybridized carbons (Fsp3) is 0.722. The summed E-state index contributed by atoms with van der Waals surface area (Å²) in [5.41, 5.74) is 10.6. The number of primary amides is 1. The zero-order valence-electron chi connectivity index (χ0n) is 17.9. The fourth-order valence-electron chi connectivity index (χ4n) is 2.51. The Labute approximate surface area is 185 Å². The SMILES string of the molecule is CSCCC(NC(=O)C(N)CO)C(=O)NC(CC(N)=O)C(=O)NC(CC(C)C)C(=O)O. The molecule has 4 amide bonds. The molecule has 0 saturated carbocycles. The molecule has 0 spiro atoms. The van der Waals surface area contributed by atoms with Gasteiger partial charge in [0.1, 0.15) is 24.2 Å². The van der Waals surface area contributed by atoms with Gasteiger partial charge in [-0.15, -0.1) is 0 Å². The molecule has 0 aromatic carbocycles. The average molecular weight is 464 g/mol. The predicted octanol–water partition coefficient (Wildman–Crippen LogP) is -2.48. The summed E-state index contributed by atoms with van der Waals surface area (Å²) in [7, 11) is 0. The van der Waals surface area contributed by atoms with Crippen LogP contribution in [0.5, 0.6) is 0 Å². The molecule has 0 fully saturated rings. The van der Waals surface area contributed by atoms with Gasteiger partial charge >= 0.3 is 5.97 Å². The van der Waals surface area contributed by atoms with Gasteiger partial charge in [-0.05, 0) is 30.8 Å². The van der Waals surface area contributed by atoms with Gasteiger partial charge in [-0.25, -0.2) is 4.79 Å². The van der Waals surface area contributed by atoms with Crippen molar-refractivity contribution in [3.05, 3.63) is 0 Å². The monoisotopic (exact) mass is 463 g/mol. The first-order valence-electron chi connectivity index (χ1n) is 9.70. The lowest BCUT2D eigenvalue weighted by atomic mass is 10.0. The Morgan fingerprint density at radius 3 is 1.90 bits per heavy atom. The van der Waals surface area contributed by atoms with Crippen molar-refractivity contribution < 1.29 is 34.2 Å². The van der Waals surface area contributed by atoms with Gasteiger partial charge in [0.25, 0.3) is 0 Å². The highest BCUT2D eigenvalue weighted by Crippen LogP contribution is 2.07. The summed E-state index contributed by atoms with van der Waals surface area (Å²) >= 11 is 1.41. The molecule has 178 valence electrons. The number of amides is 4. The number of hydrogen-bond donors (Lipinski definition) is 7. The summed E-state index contributed by atoms with van der Waals surface area (Å²) in [5.74, 6) is -4.12. The zero-order chi connectivity index (χ0) is 24.1. The highest BCUT2D eigenvalue weighted by Gasteiger charge is 2.31. The maximum absolute atomic E-state index is 12.7. The minimum Gasteiger partial charge on any atom is -0.480 e. The highest BCUT2D eigenvalue weighted by molar-refractivity contribution is 7.98. The van der Waals surface area contributed by atoms with E-state index >= 15 is 0 Å². The molecule has 12 nitrogen and oxygen atoms in total. The molecule has 31 heavy (non-hydrogen) atoms. The topological polar surface area (TPSA) is 214 Å². The number of hydrogen-bond acceptors (Lipinski definition) is 8. The normalized spacial score (nSPS) is 14.8. The Morgan fingerprint density at radius 1 is 0.935 bits per heavy atom. The fourth-order valence-corrected chi connectivity index (χ4v) is 2.99. The maximum Gasteiger partial charge on any atom is 0.326 e. The minimum absolute atomic E-state index is 0.0348. The van der Waals surface area contributed by atoms with E-state index in [1.807, 2.05) is 0 Å². The van der Waals surface area contributed by atoms with Gasteiger partial charge in [0.05, 0.1) is 13.0 Å². The predicted molar refractivity (Wildman–Crippen MR) is 115 cm³/mol. The molecule has 9 N–H and O–H groups in total. The van der Waals surface area contributed by atoms with E-state index in [-0.39, 0.29) is 18.8 Å². The van der Waals surface area contributed by atoms with Crippen LogP contribution in [0.3, 0.4) is 0 Å². The Hall–Kier alpha value is -2.38. The van der Waals surface area contributed by atoms with E-state index in [0.29, 0.717) is 5.75 Å². The highest BCUT2D eigenvalue weighted by atomic mass is 32.2. The molecule has 0 aliphatic carbocycles. The van der Waals surface area contributed by atoms with Gasteiger partial charge in [0, 0.05) is 0 Å². The number of nitrogens with two attached hydrogens (primary N) is 2. The molecule has 4 unspecified atom stereocenters. The lowest BCUT2D eigenvalue weighted by molar-refractivity contribution is -0.143. The number of aliphatic hydroxyl groups excluding tert-OH is 1. The maximum atomic E-state index is 12.7. The van der Waals surface area contributed by atoms with E-state index in [1.165, 1.54) is 11.8 Å².